The Balaban J connectivity index is 1.14. The summed E-state index contributed by atoms with van der Waals surface area (Å²) < 4.78 is 6.96. The van der Waals surface area contributed by atoms with Crippen molar-refractivity contribution in [3.63, 3.8) is 0 Å². The van der Waals surface area contributed by atoms with Crippen LogP contribution in [0.4, 0.5) is 0 Å². The Labute approximate surface area is 301 Å². The van der Waals surface area contributed by atoms with Gasteiger partial charge in [0.2, 0.25) is 0 Å². The minimum atomic E-state index is -0.575. The zero-order chi connectivity index (χ0) is 34.6. The van der Waals surface area contributed by atoms with Gasteiger partial charge in [0.25, 0.3) is 0 Å². The van der Waals surface area contributed by atoms with Gasteiger partial charge in [-0.15, -0.1) is 0 Å². The highest BCUT2D eigenvalue weighted by Crippen LogP contribution is 2.62. The van der Waals surface area contributed by atoms with Gasteiger partial charge in [-0.3, -0.25) is 0 Å². The van der Waals surface area contributed by atoms with Crippen LogP contribution < -0.4 is 10.1 Å². The smallest absolute Gasteiger partial charge is 0.169 e. The Morgan fingerprint density at radius 3 is 1.79 bits per heavy atom. The number of nitrogens with zero attached hydrogens (tertiary/aromatic N) is 3. The number of nitrogens with one attached hydrogen (secondary N) is 1. The molecule has 0 fully saturated rings. The second-order valence-corrected chi connectivity index (χ2v) is 13.2. The van der Waals surface area contributed by atoms with Crippen LogP contribution in [0, 0.1) is 11.3 Å². The third-order valence-corrected chi connectivity index (χ3v) is 10.5. The van der Waals surface area contributed by atoms with E-state index in [1.165, 1.54) is 22.3 Å². The number of benzene rings is 7. The molecule has 1 atom stereocenters. The van der Waals surface area contributed by atoms with E-state index in [4.69, 9.17) is 14.7 Å². The Bertz CT molecular complexity index is 2610. The highest BCUT2D eigenvalue weighted by Gasteiger charge is 2.51. The zero-order valence-electron chi connectivity index (χ0n) is 28.0. The van der Waals surface area contributed by atoms with Crippen molar-refractivity contribution in [3.8, 4) is 39.8 Å². The second-order valence-electron chi connectivity index (χ2n) is 13.2. The van der Waals surface area contributed by atoms with E-state index in [1.54, 1.807) is 0 Å². The first kappa shape index (κ1) is 29.8. The standard InChI is InChI=1S/C47H30N4O/c48-29-33-15-4-5-16-34(33)30-25-27-32(28-26-30)45-49-44(31-13-2-1-3-14-31)50-46(51-45)37-19-12-23-41-43(37)52-42-24-11-10-22-40(42)47(41)38-20-8-6-17-35(38)36-18-7-9-21-39(36)47/h1-28,44H,(H,49,50,51). The summed E-state index contributed by atoms with van der Waals surface area (Å²) in [5.74, 6) is 2.99. The average Bonchev–Trinajstić information content (AvgIpc) is 3.51. The van der Waals surface area contributed by atoms with E-state index >= 15 is 0 Å². The summed E-state index contributed by atoms with van der Waals surface area (Å²) in [7, 11) is 0. The van der Waals surface area contributed by atoms with Crippen LogP contribution in [0.15, 0.2) is 180 Å². The fraction of sp³-hybridized carbons (Fsp3) is 0.0426. The molecule has 3 aliphatic rings. The van der Waals surface area contributed by atoms with Crippen LogP contribution >= 0.6 is 0 Å². The third-order valence-electron chi connectivity index (χ3n) is 10.5. The Morgan fingerprint density at radius 2 is 1.06 bits per heavy atom. The van der Waals surface area contributed by atoms with Crippen LogP contribution in [0.1, 0.15) is 50.7 Å². The van der Waals surface area contributed by atoms with Crippen molar-refractivity contribution in [1.82, 2.24) is 5.32 Å². The number of hydrogen-bond acceptors (Lipinski definition) is 5. The average molecular weight is 667 g/mol. The first-order valence-corrected chi connectivity index (χ1v) is 17.4. The molecule has 0 radical (unpaired) electrons. The molecule has 0 saturated heterocycles. The van der Waals surface area contributed by atoms with E-state index in [0.717, 1.165) is 50.4 Å². The number of amidine groups is 2. The summed E-state index contributed by atoms with van der Waals surface area (Å²) in [6.07, 6.45) is -0.472. The van der Waals surface area contributed by atoms with Gasteiger partial charge < -0.3 is 10.1 Å². The molecule has 7 aromatic carbocycles. The number of para-hydroxylation sites is 2. The molecule has 10 rings (SSSR count). The summed E-state index contributed by atoms with van der Waals surface area (Å²) in [6, 6.07) is 60.7. The van der Waals surface area contributed by atoms with Gasteiger partial charge in [0.05, 0.1) is 22.6 Å². The normalized spacial score (nSPS) is 15.8. The van der Waals surface area contributed by atoms with Crippen molar-refractivity contribution in [1.29, 1.82) is 5.26 Å². The van der Waals surface area contributed by atoms with Crippen molar-refractivity contribution >= 4 is 11.7 Å². The lowest BCUT2D eigenvalue weighted by molar-refractivity contribution is 0.435. The molecule has 1 spiro atoms. The van der Waals surface area contributed by atoms with Gasteiger partial charge in [-0.2, -0.15) is 5.26 Å². The molecule has 1 unspecified atom stereocenters. The largest absolute Gasteiger partial charge is 0.456 e. The molecule has 1 N–H and O–H groups in total. The fourth-order valence-corrected chi connectivity index (χ4v) is 8.21. The van der Waals surface area contributed by atoms with Crippen molar-refractivity contribution in [2.75, 3.05) is 0 Å². The molecule has 2 aliphatic heterocycles. The lowest BCUT2D eigenvalue weighted by Gasteiger charge is -2.40. The summed E-state index contributed by atoms with van der Waals surface area (Å²) in [4.78, 5) is 10.4. The molecular formula is C47H30N4O. The molecular weight excluding hydrogens is 637 g/mol. The second kappa shape index (κ2) is 11.8. The van der Waals surface area contributed by atoms with Crippen molar-refractivity contribution in [2.45, 2.75) is 11.6 Å². The van der Waals surface area contributed by atoms with Crippen molar-refractivity contribution in [3.05, 3.63) is 214 Å². The van der Waals surface area contributed by atoms with E-state index in [1.807, 2.05) is 60.7 Å². The predicted molar refractivity (Wildman–Crippen MR) is 206 cm³/mol. The number of nitriles is 1. The van der Waals surface area contributed by atoms with Gasteiger partial charge in [0, 0.05) is 16.7 Å². The minimum Gasteiger partial charge on any atom is -0.456 e. The molecule has 244 valence electrons. The van der Waals surface area contributed by atoms with Crippen LogP contribution in [-0.4, -0.2) is 11.7 Å². The van der Waals surface area contributed by atoms with Gasteiger partial charge in [0.1, 0.15) is 23.2 Å². The van der Waals surface area contributed by atoms with E-state index < -0.39 is 11.6 Å². The summed E-state index contributed by atoms with van der Waals surface area (Å²) >= 11 is 0. The Hall–Kier alpha value is -7.03. The fourth-order valence-electron chi connectivity index (χ4n) is 8.21. The topological polar surface area (TPSA) is 69.8 Å². The Kier molecular flexibility index (Phi) is 6.77. The molecule has 2 heterocycles. The summed E-state index contributed by atoms with van der Waals surface area (Å²) in [5, 5.41) is 13.3. The predicted octanol–water partition coefficient (Wildman–Crippen LogP) is 10.2. The molecule has 7 aromatic rings. The molecule has 5 heteroatoms. The zero-order valence-corrected chi connectivity index (χ0v) is 28.0. The van der Waals surface area contributed by atoms with Gasteiger partial charge in [-0.25, -0.2) is 9.98 Å². The molecule has 52 heavy (non-hydrogen) atoms. The summed E-state index contributed by atoms with van der Waals surface area (Å²) in [5.41, 5.74) is 11.9. The van der Waals surface area contributed by atoms with Crippen LogP contribution in [0.25, 0.3) is 22.3 Å². The van der Waals surface area contributed by atoms with Crippen LogP contribution in [0.2, 0.25) is 0 Å². The first-order valence-electron chi connectivity index (χ1n) is 17.4. The van der Waals surface area contributed by atoms with Crippen LogP contribution in [0.5, 0.6) is 11.5 Å². The quantitative estimate of drug-likeness (QED) is 0.203. The third kappa shape index (κ3) is 4.41. The molecule has 1 aliphatic carbocycles. The maximum Gasteiger partial charge on any atom is 0.169 e. The molecule has 0 bridgehead atoms. The number of ether oxygens (including phenoxy) is 1. The summed E-state index contributed by atoms with van der Waals surface area (Å²) in [6.45, 7) is 0. The van der Waals surface area contributed by atoms with E-state index in [-0.39, 0.29) is 0 Å². The van der Waals surface area contributed by atoms with E-state index in [2.05, 4.69) is 121 Å². The Morgan fingerprint density at radius 1 is 0.500 bits per heavy atom. The minimum absolute atomic E-state index is 0.472. The molecule has 0 aromatic heterocycles. The highest BCUT2D eigenvalue weighted by atomic mass is 16.5. The molecule has 0 amide bonds. The number of fused-ring (bicyclic) bond motifs is 9. The van der Waals surface area contributed by atoms with Gasteiger partial charge in [-0.05, 0) is 57.1 Å². The maximum absolute atomic E-state index is 9.71. The monoisotopic (exact) mass is 666 g/mol. The lowest BCUT2D eigenvalue weighted by Crippen LogP contribution is -2.37. The van der Waals surface area contributed by atoms with Gasteiger partial charge in [0.15, 0.2) is 6.17 Å². The van der Waals surface area contributed by atoms with Gasteiger partial charge in [-0.1, -0.05) is 152 Å². The van der Waals surface area contributed by atoms with E-state index in [0.29, 0.717) is 17.2 Å². The number of rotatable bonds is 4. The van der Waals surface area contributed by atoms with Crippen LogP contribution in [0.3, 0.4) is 0 Å². The SMILES string of the molecule is N#Cc1ccccc1-c1ccc(C2=NC(c3ccccc3)N=C(c3cccc4c3Oc3ccccc3C43c4ccccc4-c4ccccc43)N2)cc1. The highest BCUT2D eigenvalue weighted by molar-refractivity contribution is 6.17. The van der Waals surface area contributed by atoms with Gasteiger partial charge >= 0.3 is 0 Å². The van der Waals surface area contributed by atoms with E-state index in [9.17, 15) is 5.26 Å². The maximum atomic E-state index is 9.71. The van der Waals surface area contributed by atoms with Crippen LogP contribution in [-0.2, 0) is 5.41 Å². The molecule has 0 saturated carbocycles. The van der Waals surface area contributed by atoms with Crippen molar-refractivity contribution in [2.24, 2.45) is 9.98 Å². The van der Waals surface area contributed by atoms with Crippen molar-refractivity contribution < 1.29 is 4.74 Å². The first-order chi connectivity index (χ1) is 25.7. The lowest BCUT2D eigenvalue weighted by atomic mass is 9.66. The molecule has 5 nitrogen and oxygen atoms in total. The number of hydrogen-bond donors (Lipinski definition) is 1. The number of aliphatic imine (C=N–C) groups is 2.